The van der Waals surface area contributed by atoms with Crippen molar-refractivity contribution in [2.45, 2.75) is 40.7 Å². The summed E-state index contributed by atoms with van der Waals surface area (Å²) in [5.74, 6) is 1.39. The number of nitriles is 1. The molecule has 0 fully saturated rings. The van der Waals surface area contributed by atoms with E-state index in [0.29, 0.717) is 30.5 Å². The molecule has 0 saturated heterocycles. The number of rotatable bonds is 8. The fourth-order valence-electron chi connectivity index (χ4n) is 1.80. The molecular formula is C17H25ClN2O. The van der Waals surface area contributed by atoms with Crippen LogP contribution in [0.5, 0.6) is 5.75 Å². The van der Waals surface area contributed by atoms with Crippen molar-refractivity contribution in [3.05, 3.63) is 28.8 Å². The number of nitrogens with zero attached hydrogens (tertiary/aromatic N) is 1. The van der Waals surface area contributed by atoms with E-state index >= 15 is 0 Å². The van der Waals surface area contributed by atoms with Crippen LogP contribution in [0, 0.1) is 22.7 Å². The van der Waals surface area contributed by atoms with Crippen LogP contribution in [0.3, 0.4) is 0 Å². The highest BCUT2D eigenvalue weighted by molar-refractivity contribution is 6.31. The van der Waals surface area contributed by atoms with E-state index in [4.69, 9.17) is 21.6 Å². The Labute approximate surface area is 133 Å². The van der Waals surface area contributed by atoms with Gasteiger partial charge < -0.3 is 10.1 Å². The molecule has 0 aliphatic rings. The van der Waals surface area contributed by atoms with Crippen LogP contribution < -0.4 is 10.1 Å². The summed E-state index contributed by atoms with van der Waals surface area (Å²) in [5.41, 5.74) is 0.615. The summed E-state index contributed by atoms with van der Waals surface area (Å²) < 4.78 is 5.84. The molecule has 0 atom stereocenters. The average Bonchev–Trinajstić information content (AvgIpc) is 2.41. The maximum absolute atomic E-state index is 9.02. The van der Waals surface area contributed by atoms with E-state index in [-0.39, 0.29) is 5.41 Å². The zero-order valence-electron chi connectivity index (χ0n) is 13.4. The van der Waals surface area contributed by atoms with Crippen LogP contribution in [0.4, 0.5) is 0 Å². The molecular weight excluding hydrogens is 284 g/mol. The molecule has 21 heavy (non-hydrogen) atoms. The van der Waals surface area contributed by atoms with E-state index in [9.17, 15) is 0 Å². The molecule has 0 radical (unpaired) electrons. The van der Waals surface area contributed by atoms with Crippen molar-refractivity contribution in [2.24, 2.45) is 11.3 Å². The summed E-state index contributed by atoms with van der Waals surface area (Å²) >= 11 is 6.27. The predicted octanol–water partition coefficient (Wildman–Crippen LogP) is 4.40. The van der Waals surface area contributed by atoms with Gasteiger partial charge in [0.1, 0.15) is 5.75 Å². The molecule has 116 valence electrons. The van der Waals surface area contributed by atoms with Crippen LogP contribution in [0.1, 0.15) is 39.7 Å². The van der Waals surface area contributed by atoms with Gasteiger partial charge in [0.15, 0.2) is 0 Å². The van der Waals surface area contributed by atoms with Gasteiger partial charge in [-0.2, -0.15) is 5.26 Å². The van der Waals surface area contributed by atoms with Gasteiger partial charge in [0, 0.05) is 17.1 Å². The van der Waals surface area contributed by atoms with Crippen LogP contribution in [-0.4, -0.2) is 13.2 Å². The maximum Gasteiger partial charge on any atom is 0.125 e. The zero-order valence-corrected chi connectivity index (χ0v) is 14.1. The second-order valence-electron chi connectivity index (χ2n) is 6.34. The first kappa shape index (κ1) is 17.8. The quantitative estimate of drug-likeness (QED) is 0.774. The van der Waals surface area contributed by atoms with Crippen molar-refractivity contribution in [3.8, 4) is 11.8 Å². The summed E-state index contributed by atoms with van der Waals surface area (Å²) in [6.45, 7) is 10.3. The molecule has 0 heterocycles. The van der Waals surface area contributed by atoms with Crippen LogP contribution in [-0.2, 0) is 6.54 Å². The Morgan fingerprint density at radius 2 is 2.10 bits per heavy atom. The first-order valence-electron chi connectivity index (χ1n) is 7.38. The third-order valence-electron chi connectivity index (χ3n) is 3.22. The molecule has 0 bridgehead atoms. The predicted molar refractivity (Wildman–Crippen MR) is 87.5 cm³/mol. The second kappa shape index (κ2) is 8.26. The number of ether oxygens (including phenoxy) is 1. The van der Waals surface area contributed by atoms with Gasteiger partial charge in [0.2, 0.25) is 0 Å². The molecule has 1 aromatic carbocycles. The summed E-state index contributed by atoms with van der Waals surface area (Å²) in [5, 5.41) is 13.1. The number of nitrogens with one attached hydrogen (secondary N) is 1. The molecule has 1 N–H and O–H groups in total. The lowest BCUT2D eigenvalue weighted by atomic mass is 9.92. The summed E-state index contributed by atoms with van der Waals surface area (Å²) in [6.07, 6.45) is 0.689. The monoisotopic (exact) mass is 308 g/mol. The molecule has 1 aromatic rings. The van der Waals surface area contributed by atoms with Crippen molar-refractivity contribution >= 4 is 11.6 Å². The minimum absolute atomic E-state index is 0.366. The molecule has 0 spiro atoms. The third-order valence-corrected chi connectivity index (χ3v) is 3.57. The first-order valence-corrected chi connectivity index (χ1v) is 7.75. The standard InChI is InChI=1S/C17H25ClN2O/c1-13(2)10-20-11-14-15(18)6-5-7-16(14)21-9-8-17(3,4)12-19/h5-7,13,20H,8-11H2,1-4H3. The molecule has 4 heteroatoms. The lowest BCUT2D eigenvalue weighted by Gasteiger charge is -2.18. The van der Waals surface area contributed by atoms with E-state index in [2.05, 4.69) is 25.2 Å². The highest BCUT2D eigenvalue weighted by Gasteiger charge is 2.17. The smallest absolute Gasteiger partial charge is 0.125 e. The molecule has 0 saturated carbocycles. The van der Waals surface area contributed by atoms with Crippen LogP contribution in [0.25, 0.3) is 0 Å². The van der Waals surface area contributed by atoms with E-state index in [1.165, 1.54) is 0 Å². The second-order valence-corrected chi connectivity index (χ2v) is 6.74. The van der Waals surface area contributed by atoms with Gasteiger partial charge in [0.05, 0.1) is 18.1 Å². The highest BCUT2D eigenvalue weighted by Crippen LogP contribution is 2.27. The lowest BCUT2D eigenvalue weighted by Crippen LogP contribution is -2.20. The Hall–Kier alpha value is -1.24. The van der Waals surface area contributed by atoms with Gasteiger partial charge in [-0.05, 0) is 44.9 Å². The molecule has 0 amide bonds. The van der Waals surface area contributed by atoms with E-state index in [1.807, 2.05) is 32.0 Å². The number of halogens is 1. The van der Waals surface area contributed by atoms with Crippen molar-refractivity contribution in [3.63, 3.8) is 0 Å². The number of hydrogen-bond acceptors (Lipinski definition) is 3. The van der Waals surface area contributed by atoms with Crippen LogP contribution >= 0.6 is 11.6 Å². The van der Waals surface area contributed by atoms with Gasteiger partial charge in [-0.15, -0.1) is 0 Å². The Balaban J connectivity index is 2.65. The SMILES string of the molecule is CC(C)CNCc1c(Cl)cccc1OCCC(C)(C)C#N. The fraction of sp³-hybridized carbons (Fsp3) is 0.588. The Morgan fingerprint density at radius 3 is 2.71 bits per heavy atom. The minimum Gasteiger partial charge on any atom is -0.493 e. The maximum atomic E-state index is 9.02. The molecule has 0 aliphatic carbocycles. The fourth-order valence-corrected chi connectivity index (χ4v) is 2.04. The van der Waals surface area contributed by atoms with Crippen molar-refractivity contribution < 1.29 is 4.74 Å². The van der Waals surface area contributed by atoms with Gasteiger partial charge >= 0.3 is 0 Å². The Bertz CT molecular complexity index is 492. The molecule has 1 rings (SSSR count). The van der Waals surface area contributed by atoms with Crippen molar-refractivity contribution in [1.82, 2.24) is 5.32 Å². The Kier molecular flexibility index (Phi) is 7.01. The van der Waals surface area contributed by atoms with Gasteiger partial charge in [-0.25, -0.2) is 0 Å². The summed E-state index contributed by atoms with van der Waals surface area (Å²) in [6, 6.07) is 7.97. The number of benzene rings is 1. The van der Waals surface area contributed by atoms with E-state index in [0.717, 1.165) is 17.9 Å². The zero-order chi connectivity index (χ0) is 15.9. The largest absolute Gasteiger partial charge is 0.493 e. The first-order chi connectivity index (χ1) is 9.85. The van der Waals surface area contributed by atoms with Crippen molar-refractivity contribution in [1.29, 1.82) is 5.26 Å². The van der Waals surface area contributed by atoms with Crippen LogP contribution in [0.2, 0.25) is 5.02 Å². The lowest BCUT2D eigenvalue weighted by molar-refractivity contribution is 0.262. The van der Waals surface area contributed by atoms with Crippen LogP contribution in [0.15, 0.2) is 18.2 Å². The van der Waals surface area contributed by atoms with E-state index < -0.39 is 0 Å². The number of hydrogen-bond donors (Lipinski definition) is 1. The highest BCUT2D eigenvalue weighted by atomic mass is 35.5. The van der Waals surface area contributed by atoms with Gasteiger partial charge in [-0.1, -0.05) is 31.5 Å². The molecule has 0 unspecified atom stereocenters. The third kappa shape index (κ3) is 6.37. The summed E-state index contributed by atoms with van der Waals surface area (Å²) in [4.78, 5) is 0. The molecule has 0 aromatic heterocycles. The molecule has 0 aliphatic heterocycles. The normalized spacial score (nSPS) is 11.5. The Morgan fingerprint density at radius 1 is 1.38 bits per heavy atom. The van der Waals surface area contributed by atoms with E-state index in [1.54, 1.807) is 0 Å². The average molecular weight is 309 g/mol. The molecule has 3 nitrogen and oxygen atoms in total. The summed E-state index contributed by atoms with van der Waals surface area (Å²) in [7, 11) is 0. The van der Waals surface area contributed by atoms with Crippen molar-refractivity contribution in [2.75, 3.05) is 13.2 Å². The van der Waals surface area contributed by atoms with Gasteiger partial charge in [0.25, 0.3) is 0 Å². The topological polar surface area (TPSA) is 45.0 Å². The van der Waals surface area contributed by atoms with Gasteiger partial charge in [-0.3, -0.25) is 0 Å². The minimum atomic E-state index is -0.366.